The first kappa shape index (κ1) is 20.3. The van der Waals surface area contributed by atoms with Crippen molar-refractivity contribution in [2.24, 2.45) is 5.92 Å². The zero-order valence-corrected chi connectivity index (χ0v) is 17.2. The predicted octanol–water partition coefficient (Wildman–Crippen LogP) is 4.72. The number of piperazine rings is 1. The number of rotatable bonds is 8. The summed E-state index contributed by atoms with van der Waals surface area (Å²) in [5.74, 6) is 0.604. The summed E-state index contributed by atoms with van der Waals surface area (Å²) < 4.78 is 5.75. The molecule has 2 aromatic carbocycles. The summed E-state index contributed by atoms with van der Waals surface area (Å²) >= 11 is 6.12. The Hall–Kier alpha value is -1.39. The summed E-state index contributed by atoms with van der Waals surface area (Å²) in [7, 11) is 0. The van der Waals surface area contributed by atoms with E-state index in [2.05, 4.69) is 66.1 Å². The minimum Gasteiger partial charge on any atom is -0.380 e. The van der Waals surface area contributed by atoms with Gasteiger partial charge in [0.2, 0.25) is 0 Å². The first-order valence-electron chi connectivity index (χ1n) is 9.98. The Kier molecular flexibility index (Phi) is 7.71. The van der Waals surface area contributed by atoms with Crippen molar-refractivity contribution >= 4 is 11.6 Å². The van der Waals surface area contributed by atoms with Gasteiger partial charge in [0.1, 0.15) is 0 Å². The Morgan fingerprint density at radius 1 is 0.889 bits per heavy atom. The third-order valence-corrected chi connectivity index (χ3v) is 5.33. The molecule has 0 N–H and O–H groups in total. The molecule has 1 atom stereocenters. The van der Waals surface area contributed by atoms with Crippen LogP contribution in [0.4, 0.5) is 0 Å². The van der Waals surface area contributed by atoms with Crippen LogP contribution in [0.15, 0.2) is 54.6 Å². The highest BCUT2D eigenvalue weighted by atomic mass is 35.5. The van der Waals surface area contributed by atoms with Crippen LogP contribution in [0.1, 0.15) is 31.0 Å². The Labute approximate surface area is 168 Å². The molecule has 3 rings (SSSR count). The normalized spacial score (nSPS) is 17.3. The maximum atomic E-state index is 6.12. The predicted molar refractivity (Wildman–Crippen MR) is 113 cm³/mol. The third kappa shape index (κ3) is 6.05. The molecule has 0 aliphatic carbocycles. The molecule has 1 heterocycles. The van der Waals surface area contributed by atoms with Crippen molar-refractivity contribution < 1.29 is 4.74 Å². The maximum Gasteiger partial charge on any atom is 0.0602 e. The van der Waals surface area contributed by atoms with Crippen LogP contribution in [0.5, 0.6) is 0 Å². The molecule has 0 amide bonds. The van der Waals surface area contributed by atoms with Crippen LogP contribution < -0.4 is 0 Å². The number of benzene rings is 2. The van der Waals surface area contributed by atoms with Gasteiger partial charge in [-0.05, 0) is 29.2 Å². The van der Waals surface area contributed by atoms with Crippen LogP contribution in [-0.4, -0.2) is 55.7 Å². The number of ether oxygens (including phenoxy) is 1. The van der Waals surface area contributed by atoms with Gasteiger partial charge in [-0.1, -0.05) is 67.9 Å². The lowest BCUT2D eigenvalue weighted by atomic mass is 9.96. The van der Waals surface area contributed by atoms with Crippen LogP contribution in [0.2, 0.25) is 5.02 Å². The summed E-state index contributed by atoms with van der Waals surface area (Å²) in [6.45, 7) is 11.4. The van der Waals surface area contributed by atoms with Crippen LogP contribution in [-0.2, 0) is 4.74 Å². The molecule has 0 saturated carbocycles. The van der Waals surface area contributed by atoms with Gasteiger partial charge < -0.3 is 4.74 Å². The lowest BCUT2D eigenvalue weighted by Crippen LogP contribution is -2.48. The van der Waals surface area contributed by atoms with E-state index in [0.29, 0.717) is 5.92 Å². The number of hydrogen-bond donors (Lipinski definition) is 0. The lowest BCUT2D eigenvalue weighted by Gasteiger charge is -2.39. The molecule has 1 aliphatic heterocycles. The van der Waals surface area contributed by atoms with Crippen LogP contribution >= 0.6 is 11.6 Å². The molecule has 4 heteroatoms. The van der Waals surface area contributed by atoms with Crippen molar-refractivity contribution in [3.8, 4) is 0 Å². The summed E-state index contributed by atoms with van der Waals surface area (Å²) in [4.78, 5) is 5.10. The fourth-order valence-corrected chi connectivity index (χ4v) is 3.78. The quantitative estimate of drug-likeness (QED) is 0.610. The van der Waals surface area contributed by atoms with E-state index in [0.717, 1.165) is 51.0 Å². The minimum atomic E-state index is 0.280. The van der Waals surface area contributed by atoms with Gasteiger partial charge in [-0.2, -0.15) is 0 Å². The van der Waals surface area contributed by atoms with E-state index in [4.69, 9.17) is 16.3 Å². The topological polar surface area (TPSA) is 15.7 Å². The van der Waals surface area contributed by atoms with Crippen LogP contribution in [0.25, 0.3) is 0 Å². The fraction of sp³-hybridized carbons (Fsp3) is 0.478. The van der Waals surface area contributed by atoms with Gasteiger partial charge >= 0.3 is 0 Å². The molecule has 1 fully saturated rings. The van der Waals surface area contributed by atoms with Crippen molar-refractivity contribution in [3.05, 3.63) is 70.7 Å². The molecule has 1 aliphatic rings. The zero-order chi connectivity index (χ0) is 19.1. The highest BCUT2D eigenvalue weighted by Gasteiger charge is 2.26. The average molecular weight is 387 g/mol. The van der Waals surface area contributed by atoms with E-state index in [9.17, 15) is 0 Å². The van der Waals surface area contributed by atoms with Gasteiger partial charge in [-0.3, -0.25) is 9.80 Å². The van der Waals surface area contributed by atoms with Crippen molar-refractivity contribution in [1.82, 2.24) is 9.80 Å². The Morgan fingerprint density at radius 2 is 1.52 bits per heavy atom. The van der Waals surface area contributed by atoms with E-state index in [1.165, 1.54) is 11.1 Å². The van der Waals surface area contributed by atoms with E-state index in [1.807, 2.05) is 12.1 Å². The second-order valence-corrected chi connectivity index (χ2v) is 8.15. The second kappa shape index (κ2) is 10.2. The van der Waals surface area contributed by atoms with E-state index in [1.54, 1.807) is 0 Å². The summed E-state index contributed by atoms with van der Waals surface area (Å²) in [6, 6.07) is 19.4. The fourth-order valence-electron chi connectivity index (χ4n) is 3.65. The van der Waals surface area contributed by atoms with Crippen molar-refractivity contribution in [1.29, 1.82) is 0 Å². The van der Waals surface area contributed by atoms with Gasteiger partial charge in [-0.15, -0.1) is 0 Å². The minimum absolute atomic E-state index is 0.280. The first-order chi connectivity index (χ1) is 13.1. The van der Waals surface area contributed by atoms with Crippen molar-refractivity contribution in [3.63, 3.8) is 0 Å². The molecule has 1 unspecified atom stereocenters. The molecular formula is C23H31ClN2O. The molecule has 146 valence electrons. The molecule has 2 aromatic rings. The van der Waals surface area contributed by atoms with Gasteiger partial charge in [0.15, 0.2) is 0 Å². The van der Waals surface area contributed by atoms with Crippen LogP contribution in [0.3, 0.4) is 0 Å². The van der Waals surface area contributed by atoms with Crippen molar-refractivity contribution in [2.45, 2.75) is 19.9 Å². The summed E-state index contributed by atoms with van der Waals surface area (Å²) in [5.41, 5.74) is 2.65. The standard InChI is InChI=1S/C23H31ClN2O/c1-19(2)18-27-17-16-25-12-14-26(15-13-25)23(20-6-4-3-5-7-20)21-8-10-22(24)11-9-21/h3-11,19,23H,12-18H2,1-2H3. The molecule has 1 saturated heterocycles. The molecular weight excluding hydrogens is 356 g/mol. The zero-order valence-electron chi connectivity index (χ0n) is 16.5. The molecule has 0 spiro atoms. The number of halogens is 1. The Morgan fingerprint density at radius 3 is 2.15 bits per heavy atom. The monoisotopic (exact) mass is 386 g/mol. The highest BCUT2D eigenvalue weighted by Crippen LogP contribution is 2.30. The highest BCUT2D eigenvalue weighted by molar-refractivity contribution is 6.30. The molecule has 0 bridgehead atoms. The van der Waals surface area contributed by atoms with Crippen molar-refractivity contribution in [2.75, 3.05) is 45.9 Å². The summed E-state index contributed by atoms with van der Waals surface area (Å²) in [6.07, 6.45) is 0. The largest absolute Gasteiger partial charge is 0.380 e. The van der Waals surface area contributed by atoms with E-state index < -0.39 is 0 Å². The van der Waals surface area contributed by atoms with Crippen LogP contribution in [0, 0.1) is 5.92 Å². The maximum absolute atomic E-state index is 6.12. The Bertz CT molecular complexity index is 667. The summed E-state index contributed by atoms with van der Waals surface area (Å²) in [5, 5.41) is 0.789. The smallest absolute Gasteiger partial charge is 0.0602 e. The molecule has 0 radical (unpaired) electrons. The van der Waals surface area contributed by atoms with Gasteiger partial charge in [-0.25, -0.2) is 0 Å². The Balaban J connectivity index is 1.62. The van der Waals surface area contributed by atoms with E-state index >= 15 is 0 Å². The second-order valence-electron chi connectivity index (χ2n) is 7.71. The average Bonchev–Trinajstić information content (AvgIpc) is 2.69. The molecule has 3 nitrogen and oxygen atoms in total. The number of nitrogens with zero attached hydrogens (tertiary/aromatic N) is 2. The SMILES string of the molecule is CC(C)COCCN1CCN(C(c2ccccc2)c2ccc(Cl)cc2)CC1. The third-order valence-electron chi connectivity index (χ3n) is 5.08. The molecule has 0 aromatic heterocycles. The van der Waals surface area contributed by atoms with Gasteiger partial charge in [0, 0.05) is 44.4 Å². The van der Waals surface area contributed by atoms with Gasteiger partial charge in [0.25, 0.3) is 0 Å². The number of hydrogen-bond acceptors (Lipinski definition) is 3. The lowest BCUT2D eigenvalue weighted by molar-refractivity contribution is 0.0577. The van der Waals surface area contributed by atoms with Gasteiger partial charge in [0.05, 0.1) is 12.6 Å². The molecule has 27 heavy (non-hydrogen) atoms. The van der Waals surface area contributed by atoms with E-state index in [-0.39, 0.29) is 6.04 Å². The first-order valence-corrected chi connectivity index (χ1v) is 10.4.